The Hall–Kier alpha value is -1.29. The summed E-state index contributed by atoms with van der Waals surface area (Å²) in [5.74, 6) is 1.35. The molecule has 1 aromatic rings. The van der Waals surface area contributed by atoms with Crippen LogP contribution >= 0.6 is 0 Å². The van der Waals surface area contributed by atoms with E-state index in [4.69, 9.17) is 15.2 Å². The van der Waals surface area contributed by atoms with Gasteiger partial charge >= 0.3 is 0 Å². The molecule has 1 aliphatic rings. The van der Waals surface area contributed by atoms with Crippen LogP contribution in [-0.4, -0.2) is 19.3 Å². The lowest BCUT2D eigenvalue weighted by Gasteiger charge is -2.23. The third kappa shape index (κ3) is 2.69. The molecular weight excluding hydrogens is 221 g/mol. The summed E-state index contributed by atoms with van der Waals surface area (Å²) in [6.45, 7) is 4.47. The van der Waals surface area contributed by atoms with E-state index in [9.17, 15) is 4.39 Å². The van der Waals surface area contributed by atoms with Gasteiger partial charge in [0.25, 0.3) is 0 Å². The van der Waals surface area contributed by atoms with Crippen molar-refractivity contribution in [2.24, 2.45) is 5.73 Å². The van der Waals surface area contributed by atoms with Crippen LogP contribution < -0.4 is 15.2 Å². The maximum atomic E-state index is 13.4. The molecule has 2 atom stereocenters. The lowest BCUT2D eigenvalue weighted by Crippen LogP contribution is -2.21. The van der Waals surface area contributed by atoms with E-state index in [0.717, 1.165) is 11.3 Å². The van der Waals surface area contributed by atoms with Crippen LogP contribution in [0.15, 0.2) is 12.1 Å². The fourth-order valence-corrected chi connectivity index (χ4v) is 1.98. The minimum Gasteiger partial charge on any atom is -0.486 e. The van der Waals surface area contributed by atoms with E-state index in [-0.39, 0.29) is 6.04 Å². The van der Waals surface area contributed by atoms with Gasteiger partial charge in [-0.3, -0.25) is 0 Å². The number of halogens is 1. The Bertz CT molecular complexity index is 405. The molecule has 0 amide bonds. The normalized spacial score (nSPS) is 17.6. The minimum atomic E-state index is -1.02. The summed E-state index contributed by atoms with van der Waals surface area (Å²) in [6.07, 6.45) is -0.357. The van der Waals surface area contributed by atoms with E-state index in [1.807, 2.05) is 13.0 Å². The van der Waals surface area contributed by atoms with Gasteiger partial charge in [-0.1, -0.05) is 0 Å². The highest BCUT2D eigenvalue weighted by Crippen LogP contribution is 2.37. The Balaban J connectivity index is 2.42. The molecule has 94 valence electrons. The molecule has 0 fully saturated rings. The van der Waals surface area contributed by atoms with Gasteiger partial charge in [0.2, 0.25) is 0 Å². The van der Waals surface area contributed by atoms with Crippen molar-refractivity contribution in [2.75, 3.05) is 13.2 Å². The summed E-state index contributed by atoms with van der Waals surface area (Å²) >= 11 is 0. The van der Waals surface area contributed by atoms with E-state index in [0.29, 0.717) is 30.9 Å². The lowest BCUT2D eigenvalue weighted by atomic mass is 10.0. The molecule has 1 aromatic carbocycles. The zero-order valence-corrected chi connectivity index (χ0v) is 10.2. The summed E-state index contributed by atoms with van der Waals surface area (Å²) in [7, 11) is 0. The molecule has 0 aliphatic carbocycles. The molecule has 0 radical (unpaired) electrons. The summed E-state index contributed by atoms with van der Waals surface area (Å²) in [6, 6.07) is 3.54. The molecule has 0 saturated heterocycles. The molecule has 0 saturated carbocycles. The van der Waals surface area contributed by atoms with Crippen molar-refractivity contribution in [3.8, 4) is 11.5 Å². The first-order valence-electron chi connectivity index (χ1n) is 5.90. The van der Waals surface area contributed by atoms with Crippen LogP contribution in [-0.2, 0) is 6.42 Å². The number of nitrogens with two attached hydrogens (primary N) is 1. The van der Waals surface area contributed by atoms with Gasteiger partial charge in [0, 0.05) is 6.04 Å². The number of hydrogen-bond donors (Lipinski definition) is 1. The van der Waals surface area contributed by atoms with Gasteiger partial charge in [0.15, 0.2) is 11.5 Å². The molecule has 1 aliphatic heterocycles. The van der Waals surface area contributed by atoms with Gasteiger partial charge in [-0.25, -0.2) is 4.39 Å². The van der Waals surface area contributed by atoms with Gasteiger partial charge in [0.05, 0.1) is 0 Å². The van der Waals surface area contributed by atoms with Crippen LogP contribution in [0, 0.1) is 0 Å². The van der Waals surface area contributed by atoms with E-state index >= 15 is 0 Å². The van der Waals surface area contributed by atoms with Crippen LogP contribution in [0.5, 0.6) is 11.5 Å². The second kappa shape index (κ2) is 4.92. The summed E-state index contributed by atoms with van der Waals surface area (Å²) in [4.78, 5) is 0. The van der Waals surface area contributed by atoms with E-state index < -0.39 is 6.17 Å². The molecule has 17 heavy (non-hydrogen) atoms. The predicted octanol–water partition coefficient (Wildman–Crippen LogP) is 2.38. The average molecular weight is 239 g/mol. The van der Waals surface area contributed by atoms with Crippen LogP contribution in [0.1, 0.15) is 31.1 Å². The lowest BCUT2D eigenvalue weighted by molar-refractivity contribution is 0.169. The molecule has 0 aromatic heterocycles. The topological polar surface area (TPSA) is 44.5 Å². The summed E-state index contributed by atoms with van der Waals surface area (Å²) in [5.41, 5.74) is 7.34. The second-order valence-corrected chi connectivity index (χ2v) is 4.50. The zero-order chi connectivity index (χ0) is 12.4. The molecule has 0 spiro atoms. The smallest absolute Gasteiger partial charge is 0.164 e. The SMILES string of the molecule is CC(N)Cc1cc(C(C)F)cc2c1OCCO2. The van der Waals surface area contributed by atoms with Crippen molar-refractivity contribution in [1.82, 2.24) is 0 Å². The summed E-state index contributed by atoms with van der Waals surface area (Å²) in [5, 5.41) is 0. The third-order valence-corrected chi connectivity index (χ3v) is 2.74. The van der Waals surface area contributed by atoms with Gasteiger partial charge < -0.3 is 15.2 Å². The predicted molar refractivity (Wildman–Crippen MR) is 64.3 cm³/mol. The molecule has 2 rings (SSSR count). The number of rotatable bonds is 3. The van der Waals surface area contributed by atoms with Crippen molar-refractivity contribution in [3.63, 3.8) is 0 Å². The molecule has 3 nitrogen and oxygen atoms in total. The number of ether oxygens (including phenoxy) is 2. The largest absolute Gasteiger partial charge is 0.486 e. The monoisotopic (exact) mass is 239 g/mol. The quantitative estimate of drug-likeness (QED) is 0.880. The van der Waals surface area contributed by atoms with Crippen molar-refractivity contribution in [2.45, 2.75) is 32.5 Å². The van der Waals surface area contributed by atoms with E-state index in [2.05, 4.69) is 0 Å². The first-order valence-corrected chi connectivity index (χ1v) is 5.90. The van der Waals surface area contributed by atoms with Crippen molar-refractivity contribution in [3.05, 3.63) is 23.3 Å². The van der Waals surface area contributed by atoms with Crippen molar-refractivity contribution < 1.29 is 13.9 Å². The van der Waals surface area contributed by atoms with Crippen LogP contribution in [0.2, 0.25) is 0 Å². The Morgan fingerprint density at radius 3 is 2.65 bits per heavy atom. The van der Waals surface area contributed by atoms with Crippen molar-refractivity contribution in [1.29, 1.82) is 0 Å². The number of fused-ring (bicyclic) bond motifs is 1. The molecule has 0 bridgehead atoms. The standard InChI is InChI=1S/C13H18FNO2/c1-8(15)5-11-6-10(9(2)14)7-12-13(11)17-4-3-16-12/h6-9H,3-5,15H2,1-2H3. The van der Waals surface area contributed by atoms with E-state index in [1.54, 1.807) is 6.07 Å². The van der Waals surface area contributed by atoms with E-state index in [1.165, 1.54) is 6.92 Å². The van der Waals surface area contributed by atoms with Crippen molar-refractivity contribution >= 4 is 0 Å². The van der Waals surface area contributed by atoms with Gasteiger partial charge in [-0.15, -0.1) is 0 Å². The molecule has 1 heterocycles. The fourth-order valence-electron chi connectivity index (χ4n) is 1.98. The first-order chi connectivity index (χ1) is 8.08. The maximum absolute atomic E-state index is 13.4. The van der Waals surface area contributed by atoms with Gasteiger partial charge in [0.1, 0.15) is 19.4 Å². The highest BCUT2D eigenvalue weighted by atomic mass is 19.1. The highest BCUT2D eigenvalue weighted by Gasteiger charge is 2.19. The Morgan fingerprint density at radius 1 is 1.29 bits per heavy atom. The van der Waals surface area contributed by atoms with Gasteiger partial charge in [-0.05, 0) is 43.5 Å². The molecule has 2 unspecified atom stereocenters. The number of alkyl halides is 1. The Kier molecular flexibility index (Phi) is 3.52. The van der Waals surface area contributed by atoms with Gasteiger partial charge in [-0.2, -0.15) is 0 Å². The van der Waals surface area contributed by atoms with Crippen LogP contribution in [0.25, 0.3) is 0 Å². The minimum absolute atomic E-state index is 0.00907. The fraction of sp³-hybridized carbons (Fsp3) is 0.538. The zero-order valence-electron chi connectivity index (χ0n) is 10.2. The molecular formula is C13H18FNO2. The Morgan fingerprint density at radius 2 is 2.00 bits per heavy atom. The maximum Gasteiger partial charge on any atom is 0.164 e. The number of benzene rings is 1. The summed E-state index contributed by atoms with van der Waals surface area (Å²) < 4.78 is 24.5. The average Bonchev–Trinajstić information content (AvgIpc) is 2.28. The first kappa shape index (κ1) is 12.2. The molecule has 4 heteroatoms. The van der Waals surface area contributed by atoms with Crippen LogP contribution in [0.3, 0.4) is 0 Å². The number of hydrogen-bond acceptors (Lipinski definition) is 3. The highest BCUT2D eigenvalue weighted by molar-refractivity contribution is 5.51. The Labute approximate surface area is 101 Å². The van der Waals surface area contributed by atoms with Crippen LogP contribution in [0.4, 0.5) is 4.39 Å². The molecule has 2 N–H and O–H groups in total. The third-order valence-electron chi connectivity index (χ3n) is 2.74. The second-order valence-electron chi connectivity index (χ2n) is 4.50.